The molecule has 0 fully saturated rings. The minimum atomic E-state index is -0.162. The highest BCUT2D eigenvalue weighted by Crippen LogP contribution is 2.27. The third kappa shape index (κ3) is 4.09. The molecule has 0 aliphatic rings. The molecule has 0 aliphatic heterocycles. The molecule has 6 heteroatoms. The van der Waals surface area contributed by atoms with Crippen molar-refractivity contribution in [3.05, 3.63) is 58.6 Å². The minimum Gasteiger partial charge on any atom is -0.338 e. The van der Waals surface area contributed by atoms with E-state index in [0.717, 1.165) is 20.1 Å². The SMILES string of the molecule is CC(Sc1ccc(Cl)cc1)C(=O)N(C)Cc1nc2ccccc2s1. The van der Waals surface area contributed by atoms with Crippen molar-refractivity contribution >= 4 is 50.8 Å². The second-order valence-corrected chi connectivity index (χ2v) is 8.45. The zero-order chi connectivity index (χ0) is 17.1. The van der Waals surface area contributed by atoms with Crippen LogP contribution in [-0.2, 0) is 11.3 Å². The van der Waals surface area contributed by atoms with E-state index in [1.54, 1.807) is 16.2 Å². The highest BCUT2D eigenvalue weighted by atomic mass is 35.5. The maximum Gasteiger partial charge on any atom is 0.235 e. The van der Waals surface area contributed by atoms with Gasteiger partial charge in [0.15, 0.2) is 0 Å². The normalized spacial score (nSPS) is 12.3. The molecule has 0 radical (unpaired) electrons. The molecule has 3 nitrogen and oxygen atoms in total. The van der Waals surface area contributed by atoms with E-state index in [-0.39, 0.29) is 11.2 Å². The Kier molecular flexibility index (Phi) is 5.43. The fraction of sp³-hybridized carbons (Fsp3) is 0.222. The van der Waals surface area contributed by atoms with E-state index in [2.05, 4.69) is 11.1 Å². The molecule has 124 valence electrons. The van der Waals surface area contributed by atoms with Crippen LogP contribution in [0.15, 0.2) is 53.4 Å². The van der Waals surface area contributed by atoms with Gasteiger partial charge in [-0.05, 0) is 43.3 Å². The first-order valence-corrected chi connectivity index (χ1v) is 9.62. The highest BCUT2D eigenvalue weighted by Gasteiger charge is 2.20. The smallest absolute Gasteiger partial charge is 0.235 e. The Labute approximate surface area is 154 Å². The van der Waals surface area contributed by atoms with Gasteiger partial charge in [0.1, 0.15) is 5.01 Å². The Hall–Kier alpha value is -1.56. The number of aromatic nitrogens is 1. The fourth-order valence-corrected chi connectivity index (χ4v) is 4.48. The third-order valence-corrected chi connectivity index (χ3v) is 5.93. The summed E-state index contributed by atoms with van der Waals surface area (Å²) < 4.78 is 1.15. The van der Waals surface area contributed by atoms with E-state index in [1.165, 1.54) is 11.8 Å². The third-order valence-electron chi connectivity index (χ3n) is 3.56. The zero-order valence-corrected chi connectivity index (χ0v) is 15.8. The number of hydrogen-bond donors (Lipinski definition) is 0. The Balaban J connectivity index is 1.63. The number of hydrogen-bond acceptors (Lipinski definition) is 4. The Morgan fingerprint density at radius 1 is 1.25 bits per heavy atom. The average Bonchev–Trinajstić information content (AvgIpc) is 2.98. The van der Waals surface area contributed by atoms with Crippen LogP contribution in [0.25, 0.3) is 10.2 Å². The van der Waals surface area contributed by atoms with E-state index in [9.17, 15) is 4.79 Å². The van der Waals surface area contributed by atoms with E-state index >= 15 is 0 Å². The number of fused-ring (bicyclic) bond motifs is 1. The summed E-state index contributed by atoms with van der Waals surface area (Å²) in [5.74, 6) is 0.0919. The number of halogens is 1. The molecule has 3 aromatic rings. The zero-order valence-electron chi connectivity index (χ0n) is 13.4. The quantitative estimate of drug-likeness (QED) is 0.581. The van der Waals surface area contributed by atoms with Gasteiger partial charge in [0.2, 0.25) is 5.91 Å². The molecule has 0 spiro atoms. The maximum absolute atomic E-state index is 12.6. The number of carbonyl (C=O) groups excluding carboxylic acids is 1. The van der Waals surface area contributed by atoms with Crippen molar-refractivity contribution < 1.29 is 4.79 Å². The van der Waals surface area contributed by atoms with Gasteiger partial charge in [0.25, 0.3) is 0 Å². The first kappa shape index (κ1) is 17.3. The highest BCUT2D eigenvalue weighted by molar-refractivity contribution is 8.00. The molecular formula is C18H17ClN2OS2. The average molecular weight is 377 g/mol. The van der Waals surface area contributed by atoms with E-state index in [4.69, 9.17) is 11.6 Å². The first-order valence-electron chi connectivity index (χ1n) is 7.54. The lowest BCUT2D eigenvalue weighted by molar-refractivity contribution is -0.129. The lowest BCUT2D eigenvalue weighted by Crippen LogP contribution is -2.32. The molecule has 0 bridgehead atoms. The van der Waals surface area contributed by atoms with E-state index in [0.29, 0.717) is 11.6 Å². The molecule has 1 unspecified atom stereocenters. The maximum atomic E-state index is 12.6. The standard InChI is InChI=1S/C18H17ClN2OS2/c1-12(23-14-9-7-13(19)8-10-14)18(22)21(2)11-17-20-15-5-3-4-6-16(15)24-17/h3-10,12H,11H2,1-2H3. The molecule has 0 saturated heterocycles. The summed E-state index contributed by atoms with van der Waals surface area (Å²) in [6.45, 7) is 2.46. The van der Waals surface area contributed by atoms with Crippen LogP contribution in [0.1, 0.15) is 11.9 Å². The second-order valence-electron chi connectivity index (χ2n) is 5.48. The van der Waals surface area contributed by atoms with Gasteiger partial charge in [-0.3, -0.25) is 4.79 Å². The fourth-order valence-electron chi connectivity index (χ4n) is 2.35. The number of nitrogens with zero attached hydrogens (tertiary/aromatic N) is 2. The lowest BCUT2D eigenvalue weighted by atomic mass is 10.3. The largest absolute Gasteiger partial charge is 0.338 e. The van der Waals surface area contributed by atoms with Crippen LogP contribution in [0.2, 0.25) is 5.02 Å². The molecule has 1 aromatic heterocycles. The molecule has 1 amide bonds. The van der Waals surface area contributed by atoms with E-state index in [1.807, 2.05) is 56.4 Å². The van der Waals surface area contributed by atoms with Gasteiger partial charge in [-0.25, -0.2) is 4.98 Å². The predicted octanol–water partition coefficient (Wildman–Crippen LogP) is 5.09. The predicted molar refractivity (Wildman–Crippen MR) is 103 cm³/mol. The van der Waals surface area contributed by atoms with Crippen molar-refractivity contribution in [3.8, 4) is 0 Å². The molecule has 24 heavy (non-hydrogen) atoms. The van der Waals surface area contributed by atoms with Gasteiger partial charge < -0.3 is 4.90 Å². The van der Waals surface area contributed by atoms with Crippen LogP contribution < -0.4 is 0 Å². The van der Waals surface area contributed by atoms with Gasteiger partial charge in [-0.1, -0.05) is 23.7 Å². The van der Waals surface area contributed by atoms with Crippen LogP contribution in [0.3, 0.4) is 0 Å². The number of thiazole rings is 1. The topological polar surface area (TPSA) is 33.2 Å². The number of amides is 1. The summed E-state index contributed by atoms with van der Waals surface area (Å²) in [5.41, 5.74) is 0.988. The summed E-state index contributed by atoms with van der Waals surface area (Å²) in [4.78, 5) is 20.0. The molecule has 0 N–H and O–H groups in total. The Morgan fingerprint density at radius 2 is 1.96 bits per heavy atom. The molecule has 3 rings (SSSR count). The minimum absolute atomic E-state index is 0.0919. The van der Waals surface area contributed by atoms with Crippen LogP contribution in [0.5, 0.6) is 0 Å². The van der Waals surface area contributed by atoms with Gasteiger partial charge in [0.05, 0.1) is 22.0 Å². The summed E-state index contributed by atoms with van der Waals surface area (Å²) >= 11 is 9.07. The molecule has 0 aliphatic carbocycles. The Morgan fingerprint density at radius 3 is 2.67 bits per heavy atom. The van der Waals surface area contributed by atoms with Crippen molar-refractivity contribution in [2.75, 3.05) is 7.05 Å². The molecule has 1 heterocycles. The second kappa shape index (κ2) is 7.55. The molecule has 0 saturated carbocycles. The lowest BCUT2D eigenvalue weighted by Gasteiger charge is -2.20. The number of rotatable bonds is 5. The number of benzene rings is 2. The number of carbonyl (C=O) groups is 1. The first-order chi connectivity index (χ1) is 11.5. The summed E-state index contributed by atoms with van der Waals surface area (Å²) in [7, 11) is 1.83. The summed E-state index contributed by atoms with van der Waals surface area (Å²) in [6.07, 6.45) is 0. The van der Waals surface area contributed by atoms with Crippen LogP contribution in [0.4, 0.5) is 0 Å². The molecule has 2 aromatic carbocycles. The van der Waals surface area contributed by atoms with Crippen LogP contribution >= 0.6 is 34.7 Å². The van der Waals surface area contributed by atoms with Crippen molar-refractivity contribution in [1.29, 1.82) is 0 Å². The van der Waals surface area contributed by atoms with E-state index < -0.39 is 0 Å². The van der Waals surface area contributed by atoms with Gasteiger partial charge in [0, 0.05) is 17.0 Å². The molecular weight excluding hydrogens is 360 g/mol. The van der Waals surface area contributed by atoms with Crippen LogP contribution in [0, 0.1) is 0 Å². The number of thioether (sulfide) groups is 1. The summed E-state index contributed by atoms with van der Waals surface area (Å²) in [5, 5.41) is 1.49. The molecule has 1 atom stereocenters. The van der Waals surface area contributed by atoms with Gasteiger partial charge in [-0.15, -0.1) is 23.1 Å². The van der Waals surface area contributed by atoms with Crippen molar-refractivity contribution in [3.63, 3.8) is 0 Å². The monoisotopic (exact) mass is 376 g/mol. The van der Waals surface area contributed by atoms with Crippen molar-refractivity contribution in [2.24, 2.45) is 0 Å². The van der Waals surface area contributed by atoms with Crippen molar-refractivity contribution in [1.82, 2.24) is 9.88 Å². The van der Waals surface area contributed by atoms with Gasteiger partial charge in [-0.2, -0.15) is 0 Å². The Bertz CT molecular complexity index is 815. The van der Waals surface area contributed by atoms with Crippen molar-refractivity contribution in [2.45, 2.75) is 23.6 Å². The number of para-hydroxylation sites is 1. The summed E-state index contributed by atoms with van der Waals surface area (Å²) in [6, 6.07) is 15.6. The van der Waals surface area contributed by atoms with Gasteiger partial charge >= 0.3 is 0 Å². The van der Waals surface area contributed by atoms with Crippen LogP contribution in [-0.4, -0.2) is 28.1 Å².